The molecule has 2 N–H and O–H groups in total. The van der Waals surface area contributed by atoms with Gasteiger partial charge in [0.05, 0.1) is 11.6 Å². The Balaban J connectivity index is 2.75. The smallest absolute Gasteiger partial charge is 0.191 e. The van der Waals surface area contributed by atoms with Gasteiger partial charge in [-0.15, -0.1) is 0 Å². The third-order valence-electron chi connectivity index (χ3n) is 3.86. The molecule has 0 aliphatic heterocycles. The summed E-state index contributed by atoms with van der Waals surface area (Å²) in [5.74, 6) is 0.783. The summed E-state index contributed by atoms with van der Waals surface area (Å²) in [4.78, 5) is 6.78. The first-order chi connectivity index (χ1) is 10.2. The Morgan fingerprint density at radius 2 is 1.95 bits per heavy atom. The van der Waals surface area contributed by atoms with Gasteiger partial charge in [-0.05, 0) is 40.9 Å². The summed E-state index contributed by atoms with van der Waals surface area (Å²) in [6.45, 7) is 8.52. The van der Waals surface area contributed by atoms with Gasteiger partial charge in [-0.3, -0.25) is 0 Å². The maximum absolute atomic E-state index is 6.08. The average Bonchev–Trinajstić information content (AvgIpc) is 2.69. The molecule has 0 fully saturated rings. The summed E-state index contributed by atoms with van der Waals surface area (Å²) >= 11 is 12.1. The van der Waals surface area contributed by atoms with Gasteiger partial charge in [-0.25, -0.2) is 4.99 Å². The topological polar surface area (TPSA) is 44.6 Å². The Labute approximate surface area is 143 Å². The van der Waals surface area contributed by atoms with Crippen LogP contribution in [0.5, 0.6) is 0 Å². The molecule has 7 heteroatoms. The van der Waals surface area contributed by atoms with Gasteiger partial charge in [0.1, 0.15) is 5.15 Å². The van der Waals surface area contributed by atoms with Gasteiger partial charge in [0.15, 0.2) is 5.96 Å². The zero-order valence-electron chi connectivity index (χ0n) is 14.3. The van der Waals surface area contributed by atoms with E-state index in [0.717, 1.165) is 24.7 Å². The number of guanidine groups is 1. The minimum Gasteiger partial charge on any atom is -0.357 e. The van der Waals surface area contributed by atoms with Crippen molar-refractivity contribution in [2.75, 3.05) is 27.2 Å². The van der Waals surface area contributed by atoms with Crippen molar-refractivity contribution in [1.82, 2.24) is 20.1 Å². The summed E-state index contributed by atoms with van der Waals surface area (Å²) < 4.78 is 1.85. The normalized spacial score (nSPS) is 12.9. The molecule has 1 aromatic rings. The summed E-state index contributed by atoms with van der Waals surface area (Å²) in [6.07, 6.45) is 0. The number of hydrogen-bond acceptors (Lipinski definition) is 2. The Bertz CT molecular complexity index is 520. The lowest BCUT2D eigenvalue weighted by Gasteiger charge is -2.33. The van der Waals surface area contributed by atoms with Crippen molar-refractivity contribution in [3.63, 3.8) is 0 Å². The molecule has 1 rings (SSSR count). The maximum Gasteiger partial charge on any atom is 0.191 e. The molecule has 1 heterocycles. The average molecular weight is 348 g/mol. The Morgan fingerprint density at radius 3 is 2.41 bits per heavy atom. The summed E-state index contributed by atoms with van der Waals surface area (Å²) in [7, 11) is 6.02. The van der Waals surface area contributed by atoms with Gasteiger partial charge >= 0.3 is 0 Å². The second kappa shape index (κ2) is 8.09. The molecule has 5 nitrogen and oxygen atoms in total. The van der Waals surface area contributed by atoms with Crippen LogP contribution in [0.1, 0.15) is 26.5 Å². The van der Waals surface area contributed by atoms with Crippen molar-refractivity contribution in [1.29, 1.82) is 0 Å². The van der Waals surface area contributed by atoms with Gasteiger partial charge in [0, 0.05) is 31.4 Å². The zero-order chi connectivity index (χ0) is 16.9. The first-order valence-corrected chi connectivity index (χ1v) is 8.13. The molecule has 1 aromatic heterocycles. The highest BCUT2D eigenvalue weighted by atomic mass is 35.5. The van der Waals surface area contributed by atoms with Gasteiger partial charge in [0.25, 0.3) is 0 Å². The minimum absolute atomic E-state index is 0.0355. The molecule has 126 valence electrons. The maximum atomic E-state index is 6.08. The van der Waals surface area contributed by atoms with Crippen LogP contribution in [0.15, 0.2) is 11.1 Å². The highest BCUT2D eigenvalue weighted by Crippen LogP contribution is 2.25. The molecule has 0 aromatic carbocycles. The van der Waals surface area contributed by atoms with E-state index in [2.05, 4.69) is 48.5 Å². The van der Waals surface area contributed by atoms with Crippen LogP contribution >= 0.6 is 23.2 Å². The Morgan fingerprint density at radius 1 is 1.32 bits per heavy atom. The Hall–Kier alpha value is -0.910. The number of halogens is 2. The van der Waals surface area contributed by atoms with Crippen molar-refractivity contribution in [3.8, 4) is 0 Å². The molecule has 0 amide bonds. The second-order valence-corrected chi connectivity index (χ2v) is 6.85. The van der Waals surface area contributed by atoms with E-state index in [-0.39, 0.29) is 5.54 Å². The van der Waals surface area contributed by atoms with Crippen molar-refractivity contribution in [2.24, 2.45) is 12.0 Å². The van der Waals surface area contributed by atoms with E-state index >= 15 is 0 Å². The van der Waals surface area contributed by atoms with Gasteiger partial charge in [-0.1, -0.05) is 23.2 Å². The molecule has 0 unspecified atom stereocenters. The van der Waals surface area contributed by atoms with Gasteiger partial charge in [0.2, 0.25) is 0 Å². The predicted octanol–water partition coefficient (Wildman–Crippen LogP) is 2.73. The fourth-order valence-corrected chi connectivity index (χ4v) is 2.12. The van der Waals surface area contributed by atoms with Crippen molar-refractivity contribution >= 4 is 29.2 Å². The molecule has 0 radical (unpaired) electrons. The van der Waals surface area contributed by atoms with E-state index in [1.165, 1.54) is 0 Å². The highest BCUT2D eigenvalue weighted by Gasteiger charge is 2.20. The summed E-state index contributed by atoms with van der Waals surface area (Å²) in [5, 5.41) is 7.72. The van der Waals surface area contributed by atoms with Crippen molar-refractivity contribution in [3.05, 3.63) is 21.9 Å². The number of nitrogens with one attached hydrogen (secondary N) is 2. The fraction of sp³-hybridized carbons (Fsp3) is 0.667. The van der Waals surface area contributed by atoms with Crippen molar-refractivity contribution < 1.29 is 0 Å². The van der Waals surface area contributed by atoms with Crippen LogP contribution in [-0.4, -0.2) is 48.2 Å². The van der Waals surface area contributed by atoms with E-state index in [1.54, 1.807) is 0 Å². The first-order valence-electron chi connectivity index (χ1n) is 7.38. The van der Waals surface area contributed by atoms with E-state index < -0.39 is 0 Å². The lowest BCUT2D eigenvalue weighted by molar-refractivity contribution is 0.197. The van der Waals surface area contributed by atoms with Crippen LogP contribution in [-0.2, 0) is 13.6 Å². The third-order valence-corrected chi connectivity index (χ3v) is 4.70. The molecular weight excluding hydrogens is 321 g/mol. The number of likely N-dealkylation sites (N-methyl/N-ethyl adjacent to an activating group) is 1. The summed E-state index contributed by atoms with van der Waals surface area (Å²) in [6, 6.07) is 1.85. The molecular formula is C15H27Cl2N5. The number of rotatable bonds is 6. The van der Waals surface area contributed by atoms with Crippen molar-refractivity contribution in [2.45, 2.75) is 32.9 Å². The van der Waals surface area contributed by atoms with Crippen LogP contribution in [0, 0.1) is 0 Å². The minimum atomic E-state index is 0.0355. The third kappa shape index (κ3) is 5.07. The number of nitrogens with zero attached hydrogens (tertiary/aromatic N) is 3. The second-order valence-electron chi connectivity index (χ2n) is 6.09. The predicted molar refractivity (Wildman–Crippen MR) is 96.0 cm³/mol. The quantitative estimate of drug-likeness (QED) is 0.614. The van der Waals surface area contributed by atoms with Crippen LogP contribution in [0.4, 0.5) is 0 Å². The van der Waals surface area contributed by atoms with E-state index in [0.29, 0.717) is 16.7 Å². The molecule has 0 spiro atoms. The van der Waals surface area contributed by atoms with Crippen LogP contribution in [0.2, 0.25) is 10.2 Å². The SMILES string of the molecule is CCNC(=NCc1cc(Cl)c(Cl)n1C)NCC(C)(C)N(C)C. The highest BCUT2D eigenvalue weighted by molar-refractivity contribution is 6.41. The van der Waals surface area contributed by atoms with E-state index in [4.69, 9.17) is 23.2 Å². The lowest BCUT2D eigenvalue weighted by Crippen LogP contribution is -2.50. The molecule has 0 saturated heterocycles. The standard InChI is InChI=1S/C15H27Cl2N5/c1-7-18-14(20-10-15(2,3)21(4)5)19-9-11-8-12(16)13(17)22(11)6/h8H,7,9-10H2,1-6H3,(H2,18,19,20). The molecule has 0 bridgehead atoms. The van der Waals surface area contributed by atoms with Crippen LogP contribution in [0.25, 0.3) is 0 Å². The number of aliphatic imine (C=N–C) groups is 1. The molecule has 0 saturated carbocycles. The van der Waals surface area contributed by atoms with Crippen LogP contribution in [0.3, 0.4) is 0 Å². The molecule has 22 heavy (non-hydrogen) atoms. The number of hydrogen-bond donors (Lipinski definition) is 2. The molecule has 0 aliphatic rings. The van der Waals surface area contributed by atoms with E-state index in [9.17, 15) is 0 Å². The lowest BCUT2D eigenvalue weighted by atomic mass is 10.0. The fourth-order valence-electron chi connectivity index (χ4n) is 1.70. The number of aromatic nitrogens is 1. The first kappa shape index (κ1) is 19.1. The zero-order valence-corrected chi connectivity index (χ0v) is 15.8. The summed E-state index contributed by atoms with van der Waals surface area (Å²) in [5.41, 5.74) is 1.01. The Kier molecular flexibility index (Phi) is 7.03. The van der Waals surface area contributed by atoms with Gasteiger partial charge in [-0.2, -0.15) is 0 Å². The molecule has 0 aliphatic carbocycles. The van der Waals surface area contributed by atoms with Gasteiger partial charge < -0.3 is 20.1 Å². The monoisotopic (exact) mass is 347 g/mol. The van der Waals surface area contributed by atoms with E-state index in [1.807, 2.05) is 24.6 Å². The van der Waals surface area contributed by atoms with Crippen LogP contribution < -0.4 is 10.6 Å². The largest absolute Gasteiger partial charge is 0.357 e. The molecule has 0 atom stereocenters.